The largest absolute Gasteiger partial charge is 0.457 e. The number of β-amino-alcohol motifs (C(OH)–C–C–N with tert-alkyl or cyclic N) is 2. The molecule has 2 N–H and O–H groups in total. The van der Waals surface area contributed by atoms with Crippen LogP contribution in [-0.2, 0) is 11.3 Å². The van der Waals surface area contributed by atoms with Crippen molar-refractivity contribution in [2.75, 3.05) is 39.3 Å². The number of aryl methyl sites for hydroxylation is 1. The number of hydrogen-bond donors (Lipinski definition) is 2. The standard InChI is InChI=1S/C24H28N4O4/c1-15-9-21(26-11-17(15)10-25)23(30)13-28-7-5-27(6-8-28)12-22(29)18-3-4-19-20(16(18)2)14-32-24(19)31/h3-4,9,11,22-23,29-30H,5-8,12-14H2,1-2H3/t22-,23-/m1/s1. The van der Waals surface area contributed by atoms with E-state index in [2.05, 4.69) is 20.9 Å². The molecule has 0 amide bonds. The SMILES string of the molecule is Cc1cc([C@H](O)CN2CCN(C[C@@H](O)c3ccc4c(c3C)COC4=O)CC2)ncc1C#N. The van der Waals surface area contributed by atoms with Crippen LogP contribution in [0.4, 0.5) is 0 Å². The van der Waals surface area contributed by atoms with Crippen molar-refractivity contribution < 1.29 is 19.7 Å². The second-order valence-corrected chi connectivity index (χ2v) is 8.55. The quantitative estimate of drug-likeness (QED) is 0.658. The van der Waals surface area contributed by atoms with E-state index in [9.17, 15) is 15.0 Å². The number of cyclic esters (lactones) is 1. The molecule has 2 aliphatic rings. The second-order valence-electron chi connectivity index (χ2n) is 8.55. The van der Waals surface area contributed by atoms with Gasteiger partial charge in [0.2, 0.25) is 0 Å². The summed E-state index contributed by atoms with van der Waals surface area (Å²) in [6.07, 6.45) is 0.160. The molecular weight excluding hydrogens is 408 g/mol. The fraction of sp³-hybridized carbons (Fsp3) is 0.458. The van der Waals surface area contributed by atoms with Gasteiger partial charge >= 0.3 is 5.97 Å². The van der Waals surface area contributed by atoms with Crippen molar-refractivity contribution in [1.82, 2.24) is 14.8 Å². The first-order chi connectivity index (χ1) is 15.4. The number of carbonyl (C=O) groups is 1. The number of nitriles is 1. The van der Waals surface area contributed by atoms with Crippen LogP contribution in [0.2, 0.25) is 0 Å². The summed E-state index contributed by atoms with van der Waals surface area (Å²) in [6.45, 7) is 8.17. The van der Waals surface area contributed by atoms with E-state index in [4.69, 9.17) is 10.00 Å². The summed E-state index contributed by atoms with van der Waals surface area (Å²) in [5, 5.41) is 30.4. The van der Waals surface area contributed by atoms with Crippen LogP contribution in [0.5, 0.6) is 0 Å². The highest BCUT2D eigenvalue weighted by Crippen LogP contribution is 2.29. The zero-order valence-corrected chi connectivity index (χ0v) is 18.4. The molecule has 168 valence electrons. The molecule has 0 unspecified atom stereocenters. The van der Waals surface area contributed by atoms with Crippen molar-refractivity contribution in [3.05, 3.63) is 63.5 Å². The molecular formula is C24H28N4O4. The van der Waals surface area contributed by atoms with Crippen LogP contribution in [0, 0.1) is 25.2 Å². The van der Waals surface area contributed by atoms with E-state index >= 15 is 0 Å². The highest BCUT2D eigenvalue weighted by Gasteiger charge is 2.27. The summed E-state index contributed by atoms with van der Waals surface area (Å²) in [5.41, 5.74) is 5.14. The lowest BCUT2D eigenvalue weighted by Crippen LogP contribution is -2.48. The Morgan fingerprint density at radius 1 is 1.12 bits per heavy atom. The normalized spacial score (nSPS) is 18.7. The zero-order valence-electron chi connectivity index (χ0n) is 18.4. The van der Waals surface area contributed by atoms with Crippen molar-refractivity contribution in [3.63, 3.8) is 0 Å². The maximum Gasteiger partial charge on any atom is 0.338 e. The van der Waals surface area contributed by atoms with Crippen LogP contribution in [0.15, 0.2) is 24.4 Å². The maximum absolute atomic E-state index is 11.7. The predicted molar refractivity (Wildman–Crippen MR) is 117 cm³/mol. The van der Waals surface area contributed by atoms with Gasteiger partial charge in [-0.15, -0.1) is 0 Å². The molecule has 2 aromatic rings. The van der Waals surface area contributed by atoms with Gasteiger partial charge in [-0.2, -0.15) is 5.26 Å². The molecule has 0 bridgehead atoms. The van der Waals surface area contributed by atoms with Crippen LogP contribution in [-0.4, -0.2) is 70.2 Å². The molecule has 3 heterocycles. The highest BCUT2D eigenvalue weighted by atomic mass is 16.5. The Hall–Kier alpha value is -2.83. The molecule has 8 nitrogen and oxygen atoms in total. The number of fused-ring (bicyclic) bond motifs is 1. The molecule has 4 rings (SSSR count). The first-order valence-electron chi connectivity index (χ1n) is 10.8. The zero-order chi connectivity index (χ0) is 22.8. The number of pyridine rings is 1. The molecule has 1 saturated heterocycles. The third-order valence-electron chi connectivity index (χ3n) is 6.49. The predicted octanol–water partition coefficient (Wildman–Crippen LogP) is 1.63. The number of piperazine rings is 1. The third-order valence-corrected chi connectivity index (χ3v) is 6.49. The molecule has 1 aromatic heterocycles. The number of aliphatic hydroxyl groups excluding tert-OH is 2. The van der Waals surface area contributed by atoms with Gasteiger partial charge in [-0.05, 0) is 42.7 Å². The number of ether oxygens (including phenoxy) is 1. The minimum absolute atomic E-state index is 0.273. The Labute approximate surface area is 187 Å². The Balaban J connectivity index is 1.30. The van der Waals surface area contributed by atoms with Crippen LogP contribution in [0.25, 0.3) is 0 Å². The number of rotatable bonds is 6. The molecule has 0 aliphatic carbocycles. The Bertz CT molecular complexity index is 1060. The van der Waals surface area contributed by atoms with Gasteiger partial charge in [-0.3, -0.25) is 14.8 Å². The molecule has 2 aliphatic heterocycles. The van der Waals surface area contributed by atoms with E-state index in [1.165, 1.54) is 6.20 Å². The van der Waals surface area contributed by atoms with Gasteiger partial charge in [0.1, 0.15) is 18.8 Å². The average molecular weight is 437 g/mol. The molecule has 0 radical (unpaired) electrons. The first kappa shape index (κ1) is 22.4. The number of aliphatic hydroxyl groups is 2. The van der Waals surface area contributed by atoms with Crippen LogP contribution >= 0.6 is 0 Å². The monoisotopic (exact) mass is 436 g/mol. The lowest BCUT2D eigenvalue weighted by molar-refractivity contribution is 0.0470. The van der Waals surface area contributed by atoms with Crippen molar-refractivity contribution in [2.45, 2.75) is 32.7 Å². The molecule has 8 heteroatoms. The molecule has 1 fully saturated rings. The second kappa shape index (κ2) is 9.35. The number of nitrogens with zero attached hydrogens (tertiary/aromatic N) is 4. The van der Waals surface area contributed by atoms with Gasteiger partial charge in [0.25, 0.3) is 0 Å². The number of esters is 1. The molecule has 0 spiro atoms. The van der Waals surface area contributed by atoms with Gasteiger partial charge in [0.05, 0.1) is 22.9 Å². The van der Waals surface area contributed by atoms with E-state index in [-0.39, 0.29) is 12.6 Å². The molecule has 0 saturated carbocycles. The summed E-state index contributed by atoms with van der Waals surface area (Å²) in [6, 6.07) is 7.43. The summed E-state index contributed by atoms with van der Waals surface area (Å²) in [7, 11) is 0. The van der Waals surface area contributed by atoms with Crippen molar-refractivity contribution in [1.29, 1.82) is 5.26 Å². The highest BCUT2D eigenvalue weighted by molar-refractivity contribution is 5.93. The summed E-state index contributed by atoms with van der Waals surface area (Å²) in [5.74, 6) is -0.297. The molecule has 1 aromatic carbocycles. The number of benzene rings is 1. The van der Waals surface area contributed by atoms with Gasteiger partial charge in [-0.1, -0.05) is 6.07 Å². The number of aromatic nitrogens is 1. The third kappa shape index (κ3) is 4.52. The molecule has 32 heavy (non-hydrogen) atoms. The van der Waals surface area contributed by atoms with Gasteiger partial charge in [-0.25, -0.2) is 4.79 Å². The van der Waals surface area contributed by atoms with Crippen LogP contribution in [0.1, 0.15) is 56.1 Å². The van der Waals surface area contributed by atoms with E-state index in [0.717, 1.165) is 48.4 Å². The van der Waals surface area contributed by atoms with Crippen molar-refractivity contribution in [3.8, 4) is 6.07 Å². The summed E-state index contributed by atoms with van der Waals surface area (Å²) in [4.78, 5) is 20.4. The first-order valence-corrected chi connectivity index (χ1v) is 10.8. The fourth-order valence-corrected chi connectivity index (χ4v) is 4.44. The minimum atomic E-state index is -0.711. The smallest absolute Gasteiger partial charge is 0.338 e. The van der Waals surface area contributed by atoms with E-state index in [1.807, 2.05) is 19.9 Å². The number of hydrogen-bond acceptors (Lipinski definition) is 8. The van der Waals surface area contributed by atoms with Gasteiger partial charge in [0, 0.05) is 51.0 Å². The van der Waals surface area contributed by atoms with Crippen molar-refractivity contribution >= 4 is 5.97 Å². The Kier molecular flexibility index (Phi) is 6.53. The van der Waals surface area contributed by atoms with Gasteiger partial charge in [0.15, 0.2) is 0 Å². The van der Waals surface area contributed by atoms with Gasteiger partial charge < -0.3 is 14.9 Å². The number of carbonyl (C=O) groups excluding carboxylic acids is 1. The summed E-state index contributed by atoms with van der Waals surface area (Å²) < 4.78 is 5.11. The molecule has 2 atom stereocenters. The van der Waals surface area contributed by atoms with Crippen molar-refractivity contribution in [2.24, 2.45) is 0 Å². The van der Waals surface area contributed by atoms with E-state index < -0.39 is 12.2 Å². The lowest BCUT2D eigenvalue weighted by Gasteiger charge is -2.36. The van der Waals surface area contributed by atoms with E-state index in [0.29, 0.717) is 29.9 Å². The topological polar surface area (TPSA) is 110 Å². The summed E-state index contributed by atoms with van der Waals surface area (Å²) >= 11 is 0. The van der Waals surface area contributed by atoms with Crippen LogP contribution < -0.4 is 0 Å². The maximum atomic E-state index is 11.7. The Morgan fingerprint density at radius 2 is 1.78 bits per heavy atom. The van der Waals surface area contributed by atoms with E-state index in [1.54, 1.807) is 12.1 Å². The fourth-order valence-electron chi connectivity index (χ4n) is 4.44. The lowest BCUT2D eigenvalue weighted by atomic mass is 9.95. The minimum Gasteiger partial charge on any atom is -0.457 e. The Morgan fingerprint density at radius 3 is 2.41 bits per heavy atom. The average Bonchev–Trinajstić information content (AvgIpc) is 3.16. The van der Waals surface area contributed by atoms with Crippen LogP contribution in [0.3, 0.4) is 0 Å².